The van der Waals surface area contributed by atoms with Crippen molar-refractivity contribution in [1.29, 1.82) is 0 Å². The third-order valence-corrected chi connectivity index (χ3v) is 3.44. The molecule has 1 aromatic heterocycles. The summed E-state index contributed by atoms with van der Waals surface area (Å²) in [6, 6.07) is 11.9. The lowest BCUT2D eigenvalue weighted by Gasteiger charge is -2.08. The summed E-state index contributed by atoms with van der Waals surface area (Å²) in [6.07, 6.45) is 0. The smallest absolute Gasteiger partial charge is 0.136 e. The summed E-state index contributed by atoms with van der Waals surface area (Å²) in [5.74, 6) is 0.179. The molecule has 0 amide bonds. The maximum atomic E-state index is 13.2. The van der Waals surface area contributed by atoms with E-state index in [9.17, 15) is 9.50 Å². The van der Waals surface area contributed by atoms with Crippen molar-refractivity contribution in [3.63, 3.8) is 0 Å². The predicted octanol–water partition coefficient (Wildman–Crippen LogP) is 3.37. The van der Waals surface area contributed by atoms with Crippen molar-refractivity contribution in [3.8, 4) is 0 Å². The van der Waals surface area contributed by atoms with Gasteiger partial charge < -0.3 is 9.67 Å². The molecule has 1 heterocycles. The molecular formula is C15H12ClFN2O. The molecule has 0 fully saturated rings. The van der Waals surface area contributed by atoms with E-state index in [0.717, 1.165) is 11.1 Å². The number of aliphatic hydroxyl groups excluding tert-OH is 1. The summed E-state index contributed by atoms with van der Waals surface area (Å²) >= 11 is 5.86. The third-order valence-electron chi connectivity index (χ3n) is 3.18. The molecular weight excluding hydrogens is 279 g/mol. The first kappa shape index (κ1) is 13.1. The molecule has 2 aromatic carbocycles. The minimum atomic E-state index is -0.335. The van der Waals surface area contributed by atoms with Crippen molar-refractivity contribution in [2.75, 3.05) is 0 Å². The Balaban J connectivity index is 2.07. The van der Waals surface area contributed by atoms with E-state index >= 15 is 0 Å². The predicted molar refractivity (Wildman–Crippen MR) is 76.2 cm³/mol. The zero-order valence-electron chi connectivity index (χ0n) is 10.6. The number of benzene rings is 2. The van der Waals surface area contributed by atoms with Crippen LogP contribution in [0.5, 0.6) is 0 Å². The van der Waals surface area contributed by atoms with Gasteiger partial charge in [0.1, 0.15) is 18.2 Å². The van der Waals surface area contributed by atoms with Crippen LogP contribution in [0.3, 0.4) is 0 Å². The Morgan fingerprint density at radius 3 is 2.60 bits per heavy atom. The monoisotopic (exact) mass is 290 g/mol. The number of halogens is 2. The third kappa shape index (κ3) is 2.40. The number of imidazole rings is 1. The van der Waals surface area contributed by atoms with E-state index in [2.05, 4.69) is 4.98 Å². The van der Waals surface area contributed by atoms with Crippen LogP contribution in [0.4, 0.5) is 4.39 Å². The Bertz CT molecular complexity index is 752. The van der Waals surface area contributed by atoms with Gasteiger partial charge in [0.25, 0.3) is 0 Å². The molecule has 3 aromatic rings. The van der Waals surface area contributed by atoms with Gasteiger partial charge >= 0.3 is 0 Å². The van der Waals surface area contributed by atoms with Gasteiger partial charge in [0, 0.05) is 17.6 Å². The fourth-order valence-corrected chi connectivity index (χ4v) is 2.35. The fraction of sp³-hybridized carbons (Fsp3) is 0.133. The second kappa shape index (κ2) is 5.23. The molecule has 1 N–H and O–H groups in total. The lowest BCUT2D eigenvalue weighted by atomic mass is 10.2. The van der Waals surface area contributed by atoms with E-state index in [-0.39, 0.29) is 12.4 Å². The SMILES string of the molecule is OCc1nc2cc(F)ccc2n1Cc1ccc(Cl)cc1. The largest absolute Gasteiger partial charge is 0.388 e. The van der Waals surface area contributed by atoms with Gasteiger partial charge in [-0.05, 0) is 29.8 Å². The van der Waals surface area contributed by atoms with E-state index in [1.165, 1.54) is 12.1 Å². The molecule has 0 aliphatic heterocycles. The average molecular weight is 291 g/mol. The van der Waals surface area contributed by atoms with Crippen molar-refractivity contribution >= 4 is 22.6 Å². The van der Waals surface area contributed by atoms with Crippen molar-refractivity contribution in [3.05, 3.63) is 64.7 Å². The number of nitrogens with zero attached hydrogens (tertiary/aromatic N) is 2. The van der Waals surface area contributed by atoms with Crippen LogP contribution in [0.15, 0.2) is 42.5 Å². The second-order valence-corrected chi connectivity index (χ2v) is 4.97. The van der Waals surface area contributed by atoms with Crippen molar-refractivity contribution in [2.45, 2.75) is 13.2 Å². The fourth-order valence-electron chi connectivity index (χ4n) is 2.22. The van der Waals surface area contributed by atoms with E-state index in [1.807, 2.05) is 28.8 Å². The molecule has 102 valence electrons. The van der Waals surface area contributed by atoms with E-state index in [0.29, 0.717) is 22.9 Å². The van der Waals surface area contributed by atoms with Crippen LogP contribution in [-0.2, 0) is 13.2 Å². The van der Waals surface area contributed by atoms with Crippen LogP contribution in [0.2, 0.25) is 5.02 Å². The Hall–Kier alpha value is -1.91. The number of aromatic nitrogens is 2. The first-order valence-corrected chi connectivity index (χ1v) is 6.55. The summed E-state index contributed by atoms with van der Waals surface area (Å²) in [7, 11) is 0. The minimum absolute atomic E-state index is 0.191. The summed E-state index contributed by atoms with van der Waals surface area (Å²) in [6.45, 7) is 0.360. The zero-order valence-corrected chi connectivity index (χ0v) is 11.3. The van der Waals surface area contributed by atoms with Gasteiger partial charge in [-0.2, -0.15) is 0 Å². The summed E-state index contributed by atoms with van der Waals surface area (Å²) < 4.78 is 15.1. The summed E-state index contributed by atoms with van der Waals surface area (Å²) in [5, 5.41) is 10.1. The summed E-state index contributed by atoms with van der Waals surface area (Å²) in [4.78, 5) is 4.25. The molecule has 0 radical (unpaired) electrons. The van der Waals surface area contributed by atoms with Crippen LogP contribution in [-0.4, -0.2) is 14.7 Å². The van der Waals surface area contributed by atoms with E-state index in [4.69, 9.17) is 11.6 Å². The topological polar surface area (TPSA) is 38.1 Å². The first-order chi connectivity index (χ1) is 9.67. The number of hydrogen-bond acceptors (Lipinski definition) is 2. The lowest BCUT2D eigenvalue weighted by Crippen LogP contribution is -2.05. The maximum Gasteiger partial charge on any atom is 0.136 e. The Kier molecular flexibility index (Phi) is 3.42. The summed E-state index contributed by atoms with van der Waals surface area (Å²) in [5.41, 5.74) is 2.38. The van der Waals surface area contributed by atoms with Crippen LogP contribution in [0, 0.1) is 5.82 Å². The quantitative estimate of drug-likeness (QED) is 0.803. The van der Waals surface area contributed by atoms with Crippen molar-refractivity contribution < 1.29 is 9.50 Å². The highest BCUT2D eigenvalue weighted by molar-refractivity contribution is 6.30. The highest BCUT2D eigenvalue weighted by Gasteiger charge is 2.11. The molecule has 0 spiro atoms. The Morgan fingerprint density at radius 2 is 1.90 bits per heavy atom. The molecule has 0 aliphatic carbocycles. The van der Waals surface area contributed by atoms with Gasteiger partial charge in [-0.1, -0.05) is 23.7 Å². The molecule has 0 aliphatic rings. The van der Waals surface area contributed by atoms with Gasteiger partial charge in [-0.15, -0.1) is 0 Å². The first-order valence-electron chi connectivity index (χ1n) is 6.17. The second-order valence-electron chi connectivity index (χ2n) is 4.53. The zero-order chi connectivity index (χ0) is 14.1. The molecule has 5 heteroatoms. The molecule has 0 unspecified atom stereocenters. The number of hydrogen-bond donors (Lipinski definition) is 1. The normalized spacial score (nSPS) is 11.2. The molecule has 0 bridgehead atoms. The van der Waals surface area contributed by atoms with Crippen molar-refractivity contribution in [1.82, 2.24) is 9.55 Å². The average Bonchev–Trinajstić information content (AvgIpc) is 2.78. The highest BCUT2D eigenvalue weighted by atomic mass is 35.5. The molecule has 3 nitrogen and oxygen atoms in total. The van der Waals surface area contributed by atoms with Gasteiger partial charge in [0.2, 0.25) is 0 Å². The van der Waals surface area contributed by atoms with Gasteiger partial charge in [0.05, 0.1) is 11.0 Å². The standard InChI is InChI=1S/C15H12ClFN2O/c16-11-3-1-10(2-4-11)8-19-14-6-5-12(17)7-13(14)18-15(19)9-20/h1-7,20H,8-9H2. The molecule has 20 heavy (non-hydrogen) atoms. The van der Waals surface area contributed by atoms with Gasteiger partial charge in [-0.3, -0.25) is 0 Å². The number of aliphatic hydroxyl groups is 1. The number of rotatable bonds is 3. The van der Waals surface area contributed by atoms with Gasteiger partial charge in [-0.25, -0.2) is 9.37 Å². The maximum absolute atomic E-state index is 13.2. The van der Waals surface area contributed by atoms with Crippen LogP contribution < -0.4 is 0 Å². The van der Waals surface area contributed by atoms with E-state index in [1.54, 1.807) is 6.07 Å². The lowest BCUT2D eigenvalue weighted by molar-refractivity contribution is 0.267. The molecule has 3 rings (SSSR count). The van der Waals surface area contributed by atoms with Crippen LogP contribution in [0.25, 0.3) is 11.0 Å². The number of fused-ring (bicyclic) bond motifs is 1. The molecule has 0 saturated heterocycles. The van der Waals surface area contributed by atoms with Gasteiger partial charge in [0.15, 0.2) is 0 Å². The van der Waals surface area contributed by atoms with Crippen LogP contribution >= 0.6 is 11.6 Å². The van der Waals surface area contributed by atoms with Crippen LogP contribution in [0.1, 0.15) is 11.4 Å². The molecule has 0 saturated carbocycles. The van der Waals surface area contributed by atoms with Crippen molar-refractivity contribution in [2.24, 2.45) is 0 Å². The minimum Gasteiger partial charge on any atom is -0.388 e. The molecule has 0 atom stereocenters. The highest BCUT2D eigenvalue weighted by Crippen LogP contribution is 2.20. The van der Waals surface area contributed by atoms with E-state index < -0.39 is 0 Å². The Morgan fingerprint density at radius 1 is 1.15 bits per heavy atom. The Labute approximate surface area is 120 Å².